The monoisotopic (exact) mass is 265 g/mol. The molecule has 1 nitrogen and oxygen atoms in total. The summed E-state index contributed by atoms with van der Waals surface area (Å²) in [4.78, 5) is 0. The predicted molar refractivity (Wildman–Crippen MR) is 52.0 cm³/mol. The maximum absolute atomic E-state index is 13.0. The first-order valence-electron chi connectivity index (χ1n) is 3.32. The second-order valence-corrected chi connectivity index (χ2v) is 2.98. The molecule has 0 aliphatic rings. The van der Waals surface area contributed by atoms with Gasteiger partial charge in [-0.25, -0.2) is 4.39 Å². The molecule has 0 radical (unpaired) electrons. The lowest BCUT2D eigenvalue weighted by Gasteiger charge is -2.04. The topological polar surface area (TPSA) is 26.0 Å². The Bertz CT molecular complexity index is 250. The molecule has 0 aromatic heterocycles. The van der Waals surface area contributed by atoms with E-state index in [1.807, 2.05) is 6.07 Å². The van der Waals surface area contributed by atoms with Crippen molar-refractivity contribution < 1.29 is 4.39 Å². The molecular formula is C8H9FIN. The summed E-state index contributed by atoms with van der Waals surface area (Å²) >= 11 is 2.13. The lowest BCUT2D eigenvalue weighted by atomic mass is 10.1. The third-order valence-electron chi connectivity index (χ3n) is 1.57. The first kappa shape index (κ1) is 8.93. The van der Waals surface area contributed by atoms with E-state index < -0.39 is 0 Å². The average Bonchev–Trinajstić information content (AvgIpc) is 2.04. The number of alkyl halides is 1. The third-order valence-corrected chi connectivity index (χ3v) is 2.33. The zero-order valence-electron chi connectivity index (χ0n) is 5.98. The van der Waals surface area contributed by atoms with Crippen molar-refractivity contribution in [3.63, 3.8) is 0 Å². The number of rotatable bonds is 2. The highest BCUT2D eigenvalue weighted by molar-refractivity contribution is 14.1. The number of benzene rings is 1. The molecule has 0 bridgehead atoms. The average molecular weight is 265 g/mol. The van der Waals surface area contributed by atoms with Crippen molar-refractivity contribution in [2.24, 2.45) is 5.73 Å². The zero-order chi connectivity index (χ0) is 8.27. The van der Waals surface area contributed by atoms with E-state index in [0.717, 1.165) is 11.1 Å². The van der Waals surface area contributed by atoms with Gasteiger partial charge in [-0.1, -0.05) is 34.7 Å². The predicted octanol–water partition coefficient (Wildman–Crippen LogP) is 2.22. The van der Waals surface area contributed by atoms with Gasteiger partial charge in [-0.3, -0.25) is 0 Å². The number of hydrogen-bond donors (Lipinski definition) is 1. The molecule has 60 valence electrons. The Labute approximate surface area is 78.9 Å². The first-order valence-corrected chi connectivity index (χ1v) is 4.84. The van der Waals surface area contributed by atoms with Crippen LogP contribution >= 0.6 is 22.6 Å². The SMILES string of the molecule is NCc1cccc(F)c1CI. The van der Waals surface area contributed by atoms with Crippen LogP contribution in [0, 0.1) is 5.82 Å². The summed E-state index contributed by atoms with van der Waals surface area (Å²) < 4.78 is 13.7. The van der Waals surface area contributed by atoms with Crippen molar-refractivity contribution >= 4 is 22.6 Å². The van der Waals surface area contributed by atoms with Crippen LogP contribution in [0.4, 0.5) is 4.39 Å². The van der Waals surface area contributed by atoms with Gasteiger partial charge in [0.05, 0.1) is 0 Å². The van der Waals surface area contributed by atoms with E-state index in [2.05, 4.69) is 22.6 Å². The Balaban J connectivity index is 3.13. The number of halogens is 2. The van der Waals surface area contributed by atoms with Gasteiger partial charge in [0.2, 0.25) is 0 Å². The maximum Gasteiger partial charge on any atom is 0.127 e. The molecule has 3 heteroatoms. The molecule has 0 amide bonds. The van der Waals surface area contributed by atoms with Crippen LogP contribution in [0.25, 0.3) is 0 Å². The van der Waals surface area contributed by atoms with E-state index in [9.17, 15) is 4.39 Å². The molecule has 2 N–H and O–H groups in total. The fourth-order valence-electron chi connectivity index (χ4n) is 0.944. The molecule has 1 aromatic carbocycles. The quantitative estimate of drug-likeness (QED) is 0.644. The second kappa shape index (κ2) is 4.01. The molecule has 0 saturated carbocycles. The van der Waals surface area contributed by atoms with Crippen molar-refractivity contribution in [2.75, 3.05) is 0 Å². The molecule has 0 heterocycles. The third kappa shape index (κ3) is 1.90. The Morgan fingerprint density at radius 2 is 2.18 bits per heavy atom. The molecule has 0 saturated heterocycles. The van der Waals surface area contributed by atoms with Gasteiger partial charge >= 0.3 is 0 Å². The highest BCUT2D eigenvalue weighted by atomic mass is 127. The van der Waals surface area contributed by atoms with Crippen LogP contribution < -0.4 is 5.73 Å². The summed E-state index contributed by atoms with van der Waals surface area (Å²) in [7, 11) is 0. The van der Waals surface area contributed by atoms with Crippen LogP contribution in [0.3, 0.4) is 0 Å². The highest BCUT2D eigenvalue weighted by Crippen LogP contribution is 2.16. The minimum atomic E-state index is -0.151. The Morgan fingerprint density at radius 1 is 1.45 bits per heavy atom. The molecule has 0 spiro atoms. The van der Waals surface area contributed by atoms with Gasteiger partial charge in [0.25, 0.3) is 0 Å². The number of nitrogens with two attached hydrogens (primary N) is 1. The van der Waals surface area contributed by atoms with Crippen molar-refractivity contribution in [1.29, 1.82) is 0 Å². The van der Waals surface area contributed by atoms with Crippen LogP contribution in [0.5, 0.6) is 0 Å². The minimum Gasteiger partial charge on any atom is -0.326 e. The van der Waals surface area contributed by atoms with Gasteiger partial charge in [-0.05, 0) is 11.6 Å². The van der Waals surface area contributed by atoms with Crippen LogP contribution in [0.2, 0.25) is 0 Å². The fraction of sp³-hybridized carbons (Fsp3) is 0.250. The van der Waals surface area contributed by atoms with Gasteiger partial charge in [0, 0.05) is 16.5 Å². The highest BCUT2D eigenvalue weighted by Gasteiger charge is 2.03. The van der Waals surface area contributed by atoms with Crippen LogP contribution in [0.1, 0.15) is 11.1 Å². The molecule has 0 atom stereocenters. The summed E-state index contributed by atoms with van der Waals surface area (Å²) in [5, 5.41) is 0. The Hall–Kier alpha value is -0.160. The van der Waals surface area contributed by atoms with E-state index in [1.54, 1.807) is 6.07 Å². The summed E-state index contributed by atoms with van der Waals surface area (Å²) in [5.74, 6) is -0.151. The van der Waals surface area contributed by atoms with Gasteiger partial charge in [-0.2, -0.15) is 0 Å². The van der Waals surface area contributed by atoms with E-state index in [4.69, 9.17) is 5.73 Å². The Kier molecular flexibility index (Phi) is 3.26. The summed E-state index contributed by atoms with van der Waals surface area (Å²) in [5.41, 5.74) is 7.06. The van der Waals surface area contributed by atoms with E-state index in [0.29, 0.717) is 11.0 Å². The van der Waals surface area contributed by atoms with Crippen molar-refractivity contribution in [1.82, 2.24) is 0 Å². The van der Waals surface area contributed by atoms with Gasteiger partial charge < -0.3 is 5.73 Å². The maximum atomic E-state index is 13.0. The van der Waals surface area contributed by atoms with Crippen LogP contribution in [-0.4, -0.2) is 0 Å². The van der Waals surface area contributed by atoms with E-state index in [1.165, 1.54) is 6.07 Å². The van der Waals surface area contributed by atoms with Crippen molar-refractivity contribution in [3.8, 4) is 0 Å². The van der Waals surface area contributed by atoms with Crippen molar-refractivity contribution in [3.05, 3.63) is 35.1 Å². The van der Waals surface area contributed by atoms with Crippen LogP contribution in [-0.2, 0) is 11.0 Å². The molecule has 0 aliphatic carbocycles. The largest absolute Gasteiger partial charge is 0.326 e. The summed E-state index contributed by atoms with van der Waals surface area (Å²) in [6, 6.07) is 5.01. The molecule has 0 aliphatic heterocycles. The lowest BCUT2D eigenvalue weighted by molar-refractivity contribution is 0.615. The summed E-state index contributed by atoms with van der Waals surface area (Å²) in [6.07, 6.45) is 0. The molecule has 1 aromatic rings. The zero-order valence-corrected chi connectivity index (χ0v) is 8.14. The fourth-order valence-corrected chi connectivity index (χ4v) is 1.80. The standard InChI is InChI=1S/C8H9FIN/c9-8-3-1-2-6(5-11)7(8)4-10/h1-3H,4-5,11H2. The Morgan fingerprint density at radius 3 is 2.64 bits per heavy atom. The number of hydrogen-bond acceptors (Lipinski definition) is 1. The lowest BCUT2D eigenvalue weighted by Crippen LogP contribution is -2.01. The first-order chi connectivity index (χ1) is 5.29. The molecule has 1 rings (SSSR count). The van der Waals surface area contributed by atoms with E-state index >= 15 is 0 Å². The van der Waals surface area contributed by atoms with Crippen LogP contribution in [0.15, 0.2) is 18.2 Å². The minimum absolute atomic E-state index is 0.151. The molecule has 0 fully saturated rings. The second-order valence-electron chi connectivity index (χ2n) is 2.22. The van der Waals surface area contributed by atoms with Gasteiger partial charge in [0.15, 0.2) is 0 Å². The van der Waals surface area contributed by atoms with Gasteiger partial charge in [-0.15, -0.1) is 0 Å². The van der Waals surface area contributed by atoms with Crippen molar-refractivity contribution in [2.45, 2.75) is 11.0 Å². The summed E-state index contributed by atoms with van der Waals surface area (Å²) in [6.45, 7) is 0.413. The molecular weight excluding hydrogens is 256 g/mol. The smallest absolute Gasteiger partial charge is 0.127 e. The molecule has 0 unspecified atom stereocenters. The van der Waals surface area contributed by atoms with Gasteiger partial charge in [0.1, 0.15) is 5.82 Å². The molecule has 11 heavy (non-hydrogen) atoms. The van der Waals surface area contributed by atoms with E-state index in [-0.39, 0.29) is 5.82 Å². The normalized spacial score (nSPS) is 10.1.